The van der Waals surface area contributed by atoms with Gasteiger partial charge in [0, 0.05) is 19.3 Å². The number of hydrogen-bond acceptors (Lipinski definition) is 6. The van der Waals surface area contributed by atoms with Crippen LogP contribution >= 0.6 is 0 Å². The molecule has 83 heavy (non-hydrogen) atoms. The van der Waals surface area contributed by atoms with E-state index in [1.54, 1.807) is 0 Å². The van der Waals surface area contributed by atoms with Crippen molar-refractivity contribution in [3.05, 3.63) is 60.8 Å². The maximum absolute atomic E-state index is 13.0. The molecule has 0 amide bonds. The molecule has 0 rings (SSSR count). The molecule has 6 heteroatoms. The molecule has 0 aliphatic rings. The van der Waals surface area contributed by atoms with Crippen molar-refractivity contribution in [2.45, 2.75) is 399 Å². The zero-order valence-corrected chi connectivity index (χ0v) is 55.7. The van der Waals surface area contributed by atoms with Gasteiger partial charge in [0.1, 0.15) is 13.2 Å². The Morgan fingerprint density at radius 3 is 0.735 bits per heavy atom. The molecule has 484 valence electrons. The van der Waals surface area contributed by atoms with E-state index in [-0.39, 0.29) is 31.1 Å². The zero-order chi connectivity index (χ0) is 59.9. The lowest BCUT2D eigenvalue weighted by Gasteiger charge is -2.18. The monoisotopic (exact) mass is 1160 g/mol. The second kappa shape index (κ2) is 71.6. The molecule has 0 aromatic rings. The van der Waals surface area contributed by atoms with Crippen LogP contribution in [-0.2, 0) is 28.6 Å². The third kappa shape index (κ3) is 69.8. The number of esters is 3. The highest BCUT2D eigenvalue weighted by atomic mass is 16.6. The first-order chi connectivity index (χ1) is 41.0. The standard InChI is InChI=1S/C77H140O6/c1-4-7-10-13-16-19-22-25-28-30-32-34-35-36-37-38-39-40-41-42-44-45-47-49-52-55-58-61-64-67-70-76(79)82-73-74(72-81-75(78)69-66-63-60-57-54-51-27-24-21-18-15-12-9-6-3)83-77(80)71-68-65-62-59-56-53-50-48-46-43-33-31-29-26-23-20-17-14-11-8-5-2/h8,11,17,20,26,29,33,43,48,50,74H,4-7,9-10,12-16,18-19,21-25,27-28,30-32,34-42,44-47,49,51-73H2,1-3H3/b11-8-,20-17-,29-26-,43-33-,50-48-. The SMILES string of the molecule is CC/C=C\C/C=C\C/C=C\C/C=C\C/C=C\CCCCCCCC(=O)OC(COC(=O)CCCCCCCCCCCCCCCC)COC(=O)CCCCCCCCCCCCCCCCCCCCCCCCCCCCCCCC. The summed E-state index contributed by atoms with van der Waals surface area (Å²) in [5.41, 5.74) is 0. The Kier molecular flexibility index (Phi) is 69.1. The Labute approximate surface area is 517 Å². The van der Waals surface area contributed by atoms with Gasteiger partial charge in [-0.15, -0.1) is 0 Å². The summed E-state index contributed by atoms with van der Waals surface area (Å²) in [5, 5.41) is 0. The Balaban J connectivity index is 4.22. The van der Waals surface area contributed by atoms with Gasteiger partial charge in [-0.25, -0.2) is 0 Å². The van der Waals surface area contributed by atoms with Crippen molar-refractivity contribution >= 4 is 17.9 Å². The molecule has 6 nitrogen and oxygen atoms in total. The van der Waals surface area contributed by atoms with Crippen LogP contribution in [-0.4, -0.2) is 37.2 Å². The molecular weight excluding hydrogens is 1020 g/mol. The minimum absolute atomic E-state index is 0.0773. The van der Waals surface area contributed by atoms with Crippen LogP contribution in [0.25, 0.3) is 0 Å². The van der Waals surface area contributed by atoms with E-state index >= 15 is 0 Å². The van der Waals surface area contributed by atoms with Gasteiger partial charge in [-0.1, -0.05) is 370 Å². The summed E-state index contributed by atoms with van der Waals surface area (Å²) < 4.78 is 17.0. The number of carbonyl (C=O) groups is 3. The topological polar surface area (TPSA) is 78.9 Å². The number of allylic oxidation sites excluding steroid dienone is 10. The third-order valence-corrected chi connectivity index (χ3v) is 16.5. The summed E-state index contributed by atoms with van der Waals surface area (Å²) in [7, 11) is 0. The minimum Gasteiger partial charge on any atom is -0.462 e. The lowest BCUT2D eigenvalue weighted by molar-refractivity contribution is -0.167. The van der Waals surface area contributed by atoms with Crippen molar-refractivity contribution in [1.82, 2.24) is 0 Å². The second-order valence-corrected chi connectivity index (χ2v) is 24.8. The lowest BCUT2D eigenvalue weighted by atomic mass is 10.0. The van der Waals surface area contributed by atoms with Crippen molar-refractivity contribution in [2.24, 2.45) is 0 Å². The fraction of sp³-hybridized carbons (Fsp3) is 0.831. The van der Waals surface area contributed by atoms with Gasteiger partial charge in [0.2, 0.25) is 0 Å². The van der Waals surface area contributed by atoms with Crippen LogP contribution in [0.5, 0.6) is 0 Å². The number of hydrogen-bond donors (Lipinski definition) is 0. The van der Waals surface area contributed by atoms with E-state index in [1.807, 2.05) is 0 Å². The molecule has 1 unspecified atom stereocenters. The summed E-state index contributed by atoms with van der Waals surface area (Å²) in [6, 6.07) is 0. The molecule has 0 aromatic heterocycles. The molecule has 0 bridgehead atoms. The Morgan fingerprint density at radius 1 is 0.253 bits per heavy atom. The molecular formula is C77H140O6. The number of carbonyl (C=O) groups excluding carboxylic acids is 3. The molecule has 0 spiro atoms. The normalized spacial score (nSPS) is 12.4. The van der Waals surface area contributed by atoms with Crippen molar-refractivity contribution in [1.29, 1.82) is 0 Å². The quantitative estimate of drug-likeness (QED) is 0.0261. The van der Waals surface area contributed by atoms with Gasteiger partial charge >= 0.3 is 17.9 Å². The van der Waals surface area contributed by atoms with Crippen LogP contribution in [0, 0.1) is 0 Å². The van der Waals surface area contributed by atoms with Crippen LogP contribution < -0.4 is 0 Å². The highest BCUT2D eigenvalue weighted by molar-refractivity contribution is 5.71. The largest absolute Gasteiger partial charge is 0.462 e. The maximum atomic E-state index is 13.0. The minimum atomic E-state index is -0.784. The molecule has 0 heterocycles. The first-order valence-electron chi connectivity index (χ1n) is 36.8. The highest BCUT2D eigenvalue weighted by Crippen LogP contribution is 2.19. The van der Waals surface area contributed by atoms with Gasteiger partial charge in [-0.05, 0) is 64.2 Å². The Bertz CT molecular complexity index is 1470. The van der Waals surface area contributed by atoms with Crippen LogP contribution in [0.15, 0.2) is 60.8 Å². The van der Waals surface area contributed by atoms with E-state index in [0.29, 0.717) is 19.3 Å². The van der Waals surface area contributed by atoms with E-state index in [4.69, 9.17) is 14.2 Å². The average molecular weight is 1160 g/mol. The summed E-state index contributed by atoms with van der Waals surface area (Å²) in [5.74, 6) is -0.870. The smallest absolute Gasteiger partial charge is 0.306 e. The van der Waals surface area contributed by atoms with E-state index in [9.17, 15) is 14.4 Å². The molecule has 0 fully saturated rings. The number of unbranched alkanes of at least 4 members (excludes halogenated alkanes) is 47. The summed E-state index contributed by atoms with van der Waals surface area (Å²) >= 11 is 0. The van der Waals surface area contributed by atoms with Crippen LogP contribution in [0.4, 0.5) is 0 Å². The summed E-state index contributed by atoms with van der Waals surface area (Å²) in [6.07, 6.45) is 92.7. The molecule has 0 N–H and O–H groups in total. The van der Waals surface area contributed by atoms with E-state index in [2.05, 4.69) is 81.5 Å². The molecule has 0 aliphatic heterocycles. The number of rotatable bonds is 68. The highest BCUT2D eigenvalue weighted by Gasteiger charge is 2.19. The van der Waals surface area contributed by atoms with E-state index in [0.717, 1.165) is 109 Å². The van der Waals surface area contributed by atoms with Crippen molar-refractivity contribution in [3.8, 4) is 0 Å². The molecule has 0 aliphatic carbocycles. The fourth-order valence-electron chi connectivity index (χ4n) is 11.1. The van der Waals surface area contributed by atoms with Gasteiger partial charge in [0.05, 0.1) is 0 Å². The van der Waals surface area contributed by atoms with Crippen LogP contribution in [0.2, 0.25) is 0 Å². The van der Waals surface area contributed by atoms with Gasteiger partial charge in [0.25, 0.3) is 0 Å². The second-order valence-electron chi connectivity index (χ2n) is 24.8. The molecule has 0 saturated heterocycles. The first kappa shape index (κ1) is 80.1. The Hall–Kier alpha value is -2.89. The fourth-order valence-corrected chi connectivity index (χ4v) is 11.1. The van der Waals surface area contributed by atoms with Crippen molar-refractivity contribution in [3.63, 3.8) is 0 Å². The zero-order valence-electron chi connectivity index (χ0n) is 55.7. The van der Waals surface area contributed by atoms with Crippen molar-refractivity contribution in [2.75, 3.05) is 13.2 Å². The Morgan fingerprint density at radius 2 is 0.470 bits per heavy atom. The van der Waals surface area contributed by atoms with E-state index < -0.39 is 6.10 Å². The van der Waals surface area contributed by atoms with E-state index in [1.165, 1.54) is 244 Å². The molecule has 0 saturated carbocycles. The number of ether oxygens (including phenoxy) is 3. The van der Waals surface area contributed by atoms with Gasteiger partial charge < -0.3 is 14.2 Å². The molecule has 0 aromatic carbocycles. The van der Waals surface area contributed by atoms with Gasteiger partial charge in [0.15, 0.2) is 6.10 Å². The third-order valence-electron chi connectivity index (χ3n) is 16.5. The van der Waals surface area contributed by atoms with Gasteiger partial charge in [-0.3, -0.25) is 14.4 Å². The van der Waals surface area contributed by atoms with Crippen molar-refractivity contribution < 1.29 is 28.6 Å². The lowest BCUT2D eigenvalue weighted by Crippen LogP contribution is -2.30. The predicted octanol–water partition coefficient (Wildman–Crippen LogP) is 25.5. The average Bonchev–Trinajstić information content (AvgIpc) is 3.49. The summed E-state index contributed by atoms with van der Waals surface area (Å²) in [4.78, 5) is 38.5. The first-order valence-corrected chi connectivity index (χ1v) is 36.8. The summed E-state index contributed by atoms with van der Waals surface area (Å²) in [6.45, 7) is 6.58. The predicted molar refractivity (Wildman–Crippen MR) is 362 cm³/mol. The maximum Gasteiger partial charge on any atom is 0.306 e. The van der Waals surface area contributed by atoms with Crippen LogP contribution in [0.3, 0.4) is 0 Å². The molecule has 1 atom stereocenters. The molecule has 0 radical (unpaired) electrons. The van der Waals surface area contributed by atoms with Gasteiger partial charge in [-0.2, -0.15) is 0 Å². The van der Waals surface area contributed by atoms with Crippen LogP contribution in [0.1, 0.15) is 393 Å².